The first-order valence-electron chi connectivity index (χ1n) is 18.1. The molecule has 4 heteroatoms. The first kappa shape index (κ1) is 28.5. The second-order valence-corrected chi connectivity index (χ2v) is 13.9. The van der Waals surface area contributed by atoms with Crippen molar-refractivity contribution < 1.29 is 4.42 Å². The third kappa shape index (κ3) is 3.98. The third-order valence-electron chi connectivity index (χ3n) is 11.1. The minimum Gasteiger partial charge on any atom is -0.452 e. The van der Waals surface area contributed by atoms with Gasteiger partial charge in [0.25, 0.3) is 0 Å². The molecule has 0 aliphatic heterocycles. The van der Waals surface area contributed by atoms with Gasteiger partial charge in [-0.15, -0.1) is 0 Å². The van der Waals surface area contributed by atoms with Crippen LogP contribution in [-0.2, 0) is 0 Å². The van der Waals surface area contributed by atoms with Crippen molar-refractivity contribution in [2.75, 3.05) is 0 Å². The van der Waals surface area contributed by atoms with E-state index >= 15 is 0 Å². The number of fused-ring (bicyclic) bond motifs is 11. The number of hydrogen-bond donors (Lipinski definition) is 0. The van der Waals surface area contributed by atoms with Crippen molar-refractivity contribution in [2.45, 2.75) is 0 Å². The lowest BCUT2D eigenvalue weighted by Crippen LogP contribution is -1.97. The van der Waals surface area contributed by atoms with E-state index in [9.17, 15) is 0 Å². The molecule has 0 amide bonds. The standard InChI is InChI=1S/C49H29N3O/c1-2-14-33-30(12-1)13-11-22-41(33)51-42-20-8-4-15-34(42)38-28-31(24-26-44(38)51)32-25-27-45-39(29-32)35-16-5-9-21-43(35)52(45)48-36-17-3-7-19-40(36)50-47-37-18-6-10-23-46(37)53-49(47)48/h1-29H. The predicted octanol–water partition coefficient (Wildman–Crippen LogP) is 13.1. The van der Waals surface area contributed by atoms with Crippen LogP contribution in [0.3, 0.4) is 0 Å². The second kappa shape index (κ2) is 10.7. The van der Waals surface area contributed by atoms with E-state index in [-0.39, 0.29) is 0 Å². The predicted molar refractivity (Wildman–Crippen MR) is 221 cm³/mol. The Morgan fingerprint density at radius 1 is 0.396 bits per heavy atom. The molecular formula is C49H29N3O. The Labute approximate surface area is 303 Å². The zero-order valence-electron chi connectivity index (χ0n) is 28.5. The van der Waals surface area contributed by atoms with E-state index in [0.29, 0.717) is 0 Å². The Morgan fingerprint density at radius 3 is 1.70 bits per heavy atom. The molecule has 12 aromatic rings. The molecule has 246 valence electrons. The maximum atomic E-state index is 6.65. The van der Waals surface area contributed by atoms with Gasteiger partial charge in [0.2, 0.25) is 0 Å². The quantitative estimate of drug-likeness (QED) is 0.187. The Balaban J connectivity index is 1.11. The molecule has 4 nitrogen and oxygen atoms in total. The fourth-order valence-electron chi connectivity index (χ4n) is 8.75. The first-order chi connectivity index (χ1) is 26.3. The molecular weight excluding hydrogens is 647 g/mol. The van der Waals surface area contributed by atoms with Gasteiger partial charge in [0.05, 0.1) is 33.3 Å². The van der Waals surface area contributed by atoms with Crippen LogP contribution in [0.25, 0.3) is 110 Å². The van der Waals surface area contributed by atoms with Gasteiger partial charge in [-0.05, 0) is 77.2 Å². The molecule has 8 aromatic carbocycles. The summed E-state index contributed by atoms with van der Waals surface area (Å²) in [6.45, 7) is 0. The SMILES string of the molecule is c1ccc2c(-n3c4ccccc4c4cc(-c5ccc6c(c5)c5ccccc5n6-c5c6ccccc6nc6c5oc5ccccc56)ccc43)cccc2c1. The number of benzene rings is 8. The highest BCUT2D eigenvalue weighted by Gasteiger charge is 2.22. The number of para-hydroxylation sites is 4. The van der Waals surface area contributed by atoms with Crippen molar-refractivity contribution >= 4 is 87.4 Å². The second-order valence-electron chi connectivity index (χ2n) is 13.9. The minimum atomic E-state index is 0.796. The molecule has 0 atom stereocenters. The summed E-state index contributed by atoms with van der Waals surface area (Å²) in [7, 11) is 0. The average Bonchev–Trinajstić information content (AvgIpc) is 3.87. The van der Waals surface area contributed by atoms with Crippen molar-refractivity contribution in [3.8, 4) is 22.5 Å². The van der Waals surface area contributed by atoms with E-state index in [1.165, 1.54) is 60.2 Å². The molecule has 0 saturated heterocycles. The van der Waals surface area contributed by atoms with Crippen LogP contribution < -0.4 is 0 Å². The molecule has 0 aliphatic rings. The lowest BCUT2D eigenvalue weighted by Gasteiger charge is -2.12. The molecule has 0 saturated carbocycles. The third-order valence-corrected chi connectivity index (χ3v) is 11.1. The van der Waals surface area contributed by atoms with Gasteiger partial charge in [-0.3, -0.25) is 0 Å². The molecule has 0 bridgehead atoms. The summed E-state index contributed by atoms with van der Waals surface area (Å²) < 4.78 is 11.5. The van der Waals surface area contributed by atoms with Crippen molar-refractivity contribution in [1.29, 1.82) is 0 Å². The van der Waals surface area contributed by atoms with Gasteiger partial charge in [-0.25, -0.2) is 4.98 Å². The number of hydrogen-bond acceptors (Lipinski definition) is 2. The van der Waals surface area contributed by atoms with Gasteiger partial charge in [0.15, 0.2) is 5.58 Å². The maximum absolute atomic E-state index is 6.65. The topological polar surface area (TPSA) is 35.9 Å². The van der Waals surface area contributed by atoms with E-state index in [1.54, 1.807) is 0 Å². The highest BCUT2D eigenvalue weighted by Crippen LogP contribution is 2.42. The highest BCUT2D eigenvalue weighted by molar-refractivity contribution is 6.17. The van der Waals surface area contributed by atoms with E-state index in [2.05, 4.69) is 173 Å². The van der Waals surface area contributed by atoms with E-state index in [4.69, 9.17) is 9.40 Å². The van der Waals surface area contributed by atoms with Crippen LogP contribution in [0.1, 0.15) is 0 Å². The van der Waals surface area contributed by atoms with E-state index in [1.807, 2.05) is 12.1 Å². The van der Waals surface area contributed by atoms with Gasteiger partial charge in [-0.1, -0.05) is 115 Å². The molecule has 4 aromatic heterocycles. The van der Waals surface area contributed by atoms with Crippen LogP contribution in [0.5, 0.6) is 0 Å². The average molecular weight is 676 g/mol. The van der Waals surface area contributed by atoms with Crippen LogP contribution in [0.2, 0.25) is 0 Å². The molecule has 4 heterocycles. The van der Waals surface area contributed by atoms with Gasteiger partial charge < -0.3 is 13.6 Å². The van der Waals surface area contributed by atoms with Crippen LogP contribution in [0.4, 0.5) is 0 Å². The summed E-state index contributed by atoms with van der Waals surface area (Å²) in [5.74, 6) is 0. The Hall–Kier alpha value is -7.17. The van der Waals surface area contributed by atoms with Crippen molar-refractivity contribution in [2.24, 2.45) is 0 Å². The fraction of sp³-hybridized carbons (Fsp3) is 0. The normalized spacial score (nSPS) is 12.2. The minimum absolute atomic E-state index is 0.796. The molecule has 12 rings (SSSR count). The van der Waals surface area contributed by atoms with Crippen LogP contribution >= 0.6 is 0 Å². The molecule has 53 heavy (non-hydrogen) atoms. The Bertz CT molecular complexity index is 3460. The maximum Gasteiger partial charge on any atom is 0.178 e. The van der Waals surface area contributed by atoms with Gasteiger partial charge in [0, 0.05) is 37.7 Å². The van der Waals surface area contributed by atoms with Crippen LogP contribution in [-0.4, -0.2) is 14.1 Å². The van der Waals surface area contributed by atoms with Gasteiger partial charge in [-0.2, -0.15) is 0 Å². The van der Waals surface area contributed by atoms with Crippen molar-refractivity contribution in [3.63, 3.8) is 0 Å². The zero-order chi connectivity index (χ0) is 34.6. The number of pyridine rings is 1. The van der Waals surface area contributed by atoms with E-state index in [0.717, 1.165) is 49.7 Å². The first-order valence-corrected chi connectivity index (χ1v) is 18.1. The summed E-state index contributed by atoms with van der Waals surface area (Å²) in [5.41, 5.74) is 12.7. The fourth-order valence-corrected chi connectivity index (χ4v) is 8.75. The summed E-state index contributed by atoms with van der Waals surface area (Å²) in [5, 5.41) is 9.43. The highest BCUT2D eigenvalue weighted by atomic mass is 16.3. The van der Waals surface area contributed by atoms with Gasteiger partial charge >= 0.3 is 0 Å². The largest absolute Gasteiger partial charge is 0.452 e. The summed E-state index contributed by atoms with van der Waals surface area (Å²) >= 11 is 0. The van der Waals surface area contributed by atoms with E-state index < -0.39 is 0 Å². The van der Waals surface area contributed by atoms with Crippen LogP contribution in [0, 0.1) is 0 Å². The summed E-state index contributed by atoms with van der Waals surface area (Å²) in [6, 6.07) is 63.1. The Morgan fingerprint density at radius 2 is 0.943 bits per heavy atom. The molecule has 0 fully saturated rings. The van der Waals surface area contributed by atoms with Crippen LogP contribution in [0.15, 0.2) is 180 Å². The molecule has 0 aliphatic carbocycles. The summed E-state index contributed by atoms with van der Waals surface area (Å²) in [6.07, 6.45) is 0. The molecule has 0 unspecified atom stereocenters. The smallest absolute Gasteiger partial charge is 0.178 e. The molecule has 0 spiro atoms. The summed E-state index contributed by atoms with van der Waals surface area (Å²) in [4.78, 5) is 5.12. The number of nitrogens with zero attached hydrogens (tertiary/aromatic N) is 3. The monoisotopic (exact) mass is 675 g/mol. The van der Waals surface area contributed by atoms with Crippen molar-refractivity contribution in [1.82, 2.24) is 14.1 Å². The van der Waals surface area contributed by atoms with Crippen molar-refractivity contribution in [3.05, 3.63) is 176 Å². The lowest BCUT2D eigenvalue weighted by atomic mass is 10.0. The lowest BCUT2D eigenvalue weighted by molar-refractivity contribution is 0.666. The Kier molecular flexibility index (Phi) is 5.74. The van der Waals surface area contributed by atoms with Gasteiger partial charge in [0.1, 0.15) is 16.8 Å². The molecule has 0 N–H and O–H groups in total. The number of rotatable bonds is 3. The molecule has 0 radical (unpaired) electrons. The zero-order valence-corrected chi connectivity index (χ0v) is 28.5. The number of aromatic nitrogens is 3. The number of furan rings is 1.